The second kappa shape index (κ2) is 7.13. The molecule has 0 N–H and O–H groups in total. The normalized spacial score (nSPS) is 14.6. The van der Waals surface area contributed by atoms with Crippen LogP contribution in [0.3, 0.4) is 0 Å². The number of nitrogens with zero attached hydrogens (tertiary/aromatic N) is 3. The molecule has 1 aliphatic heterocycles. The number of amides is 1. The van der Waals surface area contributed by atoms with Gasteiger partial charge in [0.1, 0.15) is 0 Å². The van der Waals surface area contributed by atoms with Gasteiger partial charge in [0.2, 0.25) is 0 Å². The highest BCUT2D eigenvalue weighted by atomic mass is 32.1. The number of carbonyl (C=O) groups is 1. The molecule has 0 unspecified atom stereocenters. The standard InChI is InChI=1S/C22H19N3O2S/c26-21(20-17(10-15-27-20)16-6-2-1-3-7-16)24-11-13-25(14-12-24)22-23-18-8-4-5-9-19(18)28-22/h1-10,15H,11-14H2. The Labute approximate surface area is 166 Å². The Bertz CT molecular complexity index is 1080. The van der Waals surface area contributed by atoms with Gasteiger partial charge in [-0.3, -0.25) is 4.79 Å². The van der Waals surface area contributed by atoms with E-state index in [1.54, 1.807) is 17.6 Å². The van der Waals surface area contributed by atoms with E-state index < -0.39 is 0 Å². The molecule has 4 aromatic rings. The van der Waals surface area contributed by atoms with Crippen LogP contribution in [0.15, 0.2) is 71.3 Å². The van der Waals surface area contributed by atoms with Crippen LogP contribution in [0.1, 0.15) is 10.6 Å². The summed E-state index contributed by atoms with van der Waals surface area (Å²) in [4.78, 5) is 21.9. The summed E-state index contributed by atoms with van der Waals surface area (Å²) in [5.41, 5.74) is 2.87. The zero-order valence-corrected chi connectivity index (χ0v) is 16.1. The predicted molar refractivity (Wildman–Crippen MR) is 112 cm³/mol. The Kier molecular flexibility index (Phi) is 4.33. The minimum absolute atomic E-state index is 0.0483. The number of thiazole rings is 1. The topological polar surface area (TPSA) is 49.6 Å². The van der Waals surface area contributed by atoms with Gasteiger partial charge in [0, 0.05) is 31.7 Å². The number of aromatic nitrogens is 1. The zero-order chi connectivity index (χ0) is 18.9. The molecule has 1 amide bonds. The van der Waals surface area contributed by atoms with E-state index in [1.165, 1.54) is 4.70 Å². The van der Waals surface area contributed by atoms with Crippen molar-refractivity contribution in [2.75, 3.05) is 31.1 Å². The summed E-state index contributed by atoms with van der Waals surface area (Å²) in [7, 11) is 0. The first-order valence-corrected chi connectivity index (χ1v) is 10.1. The van der Waals surface area contributed by atoms with E-state index in [9.17, 15) is 4.79 Å². The van der Waals surface area contributed by atoms with Crippen LogP contribution in [0.4, 0.5) is 5.13 Å². The van der Waals surface area contributed by atoms with Crippen LogP contribution in [0, 0.1) is 0 Å². The van der Waals surface area contributed by atoms with Crippen LogP contribution in [-0.4, -0.2) is 42.0 Å². The second-order valence-electron chi connectivity index (χ2n) is 6.77. The van der Waals surface area contributed by atoms with Crippen LogP contribution >= 0.6 is 11.3 Å². The van der Waals surface area contributed by atoms with E-state index in [-0.39, 0.29) is 5.91 Å². The van der Waals surface area contributed by atoms with Gasteiger partial charge in [0.25, 0.3) is 5.91 Å². The lowest BCUT2D eigenvalue weighted by molar-refractivity contribution is 0.0716. The SMILES string of the molecule is O=C(c1occc1-c1ccccc1)N1CCN(c2nc3ccccc3s2)CC1. The maximum absolute atomic E-state index is 13.0. The van der Waals surface area contributed by atoms with Crippen molar-refractivity contribution in [3.05, 3.63) is 72.7 Å². The molecule has 6 heteroatoms. The first kappa shape index (κ1) is 17.0. The lowest BCUT2D eigenvalue weighted by Crippen LogP contribution is -2.48. The average Bonchev–Trinajstić information content (AvgIpc) is 3.41. The van der Waals surface area contributed by atoms with Gasteiger partial charge in [-0.1, -0.05) is 53.8 Å². The maximum atomic E-state index is 13.0. The number of piperazine rings is 1. The number of carbonyl (C=O) groups excluding carboxylic acids is 1. The van der Waals surface area contributed by atoms with E-state index in [0.29, 0.717) is 18.8 Å². The lowest BCUT2D eigenvalue weighted by Gasteiger charge is -2.34. The Balaban J connectivity index is 1.31. The maximum Gasteiger partial charge on any atom is 0.290 e. The van der Waals surface area contributed by atoms with Gasteiger partial charge in [-0.2, -0.15) is 0 Å². The Morgan fingerprint density at radius 2 is 1.68 bits per heavy atom. The van der Waals surface area contributed by atoms with Crippen molar-refractivity contribution in [1.29, 1.82) is 0 Å². The van der Waals surface area contributed by atoms with Crippen LogP contribution in [-0.2, 0) is 0 Å². The molecule has 0 aliphatic carbocycles. The lowest BCUT2D eigenvalue weighted by atomic mass is 10.1. The summed E-state index contributed by atoms with van der Waals surface area (Å²) in [6.45, 7) is 2.85. The van der Waals surface area contributed by atoms with E-state index in [4.69, 9.17) is 9.40 Å². The molecule has 28 heavy (non-hydrogen) atoms. The minimum atomic E-state index is -0.0483. The zero-order valence-electron chi connectivity index (χ0n) is 15.2. The van der Waals surface area contributed by atoms with Crippen molar-refractivity contribution in [3.63, 3.8) is 0 Å². The molecule has 0 bridgehead atoms. The summed E-state index contributed by atoms with van der Waals surface area (Å²) in [6, 6.07) is 19.9. The van der Waals surface area contributed by atoms with Gasteiger partial charge in [0.05, 0.1) is 16.5 Å². The van der Waals surface area contributed by atoms with Crippen LogP contribution in [0.2, 0.25) is 0 Å². The van der Waals surface area contributed by atoms with E-state index >= 15 is 0 Å². The molecule has 2 aromatic heterocycles. The van der Waals surface area contributed by atoms with Crippen LogP contribution in [0.5, 0.6) is 0 Å². The molecule has 0 atom stereocenters. The molecule has 5 nitrogen and oxygen atoms in total. The molecule has 0 spiro atoms. The molecule has 1 fully saturated rings. The fourth-order valence-corrected chi connectivity index (χ4v) is 4.58. The molecular formula is C22H19N3O2S. The summed E-state index contributed by atoms with van der Waals surface area (Å²) in [5.74, 6) is 0.368. The largest absolute Gasteiger partial charge is 0.459 e. The van der Waals surface area contributed by atoms with Crippen molar-refractivity contribution in [3.8, 4) is 11.1 Å². The molecule has 140 valence electrons. The highest BCUT2D eigenvalue weighted by Crippen LogP contribution is 2.30. The van der Waals surface area contributed by atoms with Gasteiger partial charge in [-0.25, -0.2) is 4.98 Å². The van der Waals surface area contributed by atoms with Crippen LogP contribution < -0.4 is 4.90 Å². The number of rotatable bonds is 3. The first-order valence-electron chi connectivity index (χ1n) is 9.32. The van der Waals surface area contributed by atoms with E-state index in [2.05, 4.69) is 11.0 Å². The number of hydrogen-bond donors (Lipinski definition) is 0. The Morgan fingerprint density at radius 1 is 0.929 bits per heavy atom. The Morgan fingerprint density at radius 3 is 2.46 bits per heavy atom. The number of hydrogen-bond acceptors (Lipinski definition) is 5. The van der Waals surface area contributed by atoms with Gasteiger partial charge in [-0.05, 0) is 23.8 Å². The molecule has 2 aromatic carbocycles. The number of anilines is 1. The fraction of sp³-hybridized carbons (Fsp3) is 0.182. The van der Waals surface area contributed by atoms with Gasteiger partial charge >= 0.3 is 0 Å². The summed E-state index contributed by atoms with van der Waals surface area (Å²) in [6.07, 6.45) is 1.59. The van der Waals surface area contributed by atoms with Gasteiger partial charge in [-0.15, -0.1) is 0 Å². The molecule has 1 aliphatic rings. The van der Waals surface area contributed by atoms with E-state index in [1.807, 2.05) is 59.5 Å². The molecule has 5 rings (SSSR count). The summed E-state index contributed by atoms with van der Waals surface area (Å²) < 4.78 is 6.76. The van der Waals surface area contributed by atoms with Crippen molar-refractivity contribution >= 4 is 32.6 Å². The van der Waals surface area contributed by atoms with Crippen molar-refractivity contribution in [1.82, 2.24) is 9.88 Å². The third-order valence-electron chi connectivity index (χ3n) is 5.06. The summed E-state index contributed by atoms with van der Waals surface area (Å²) >= 11 is 1.70. The highest BCUT2D eigenvalue weighted by molar-refractivity contribution is 7.22. The molecule has 1 saturated heterocycles. The number of fused-ring (bicyclic) bond motifs is 1. The van der Waals surface area contributed by atoms with Crippen molar-refractivity contribution in [2.24, 2.45) is 0 Å². The molecule has 3 heterocycles. The molecule has 0 saturated carbocycles. The van der Waals surface area contributed by atoms with Crippen molar-refractivity contribution < 1.29 is 9.21 Å². The van der Waals surface area contributed by atoms with Gasteiger partial charge in [0.15, 0.2) is 10.9 Å². The average molecular weight is 389 g/mol. The Hall–Kier alpha value is -3.12. The first-order chi connectivity index (χ1) is 13.8. The fourth-order valence-electron chi connectivity index (χ4n) is 3.56. The number of benzene rings is 2. The molecular weight excluding hydrogens is 370 g/mol. The second-order valence-corrected chi connectivity index (χ2v) is 7.78. The third-order valence-corrected chi connectivity index (χ3v) is 6.16. The summed E-state index contributed by atoms with van der Waals surface area (Å²) in [5, 5.41) is 1.02. The van der Waals surface area contributed by atoms with Crippen molar-refractivity contribution in [2.45, 2.75) is 0 Å². The highest BCUT2D eigenvalue weighted by Gasteiger charge is 2.27. The quantitative estimate of drug-likeness (QED) is 0.517. The predicted octanol–water partition coefficient (Wildman–Crippen LogP) is 4.52. The third kappa shape index (κ3) is 3.05. The molecule has 0 radical (unpaired) electrons. The van der Waals surface area contributed by atoms with E-state index in [0.717, 1.165) is 34.9 Å². The monoisotopic (exact) mass is 389 g/mol. The van der Waals surface area contributed by atoms with Crippen LogP contribution in [0.25, 0.3) is 21.3 Å². The minimum Gasteiger partial charge on any atom is -0.459 e. The smallest absolute Gasteiger partial charge is 0.290 e. The van der Waals surface area contributed by atoms with Gasteiger partial charge < -0.3 is 14.2 Å². The number of para-hydroxylation sites is 1. The number of furan rings is 1.